The van der Waals surface area contributed by atoms with Crippen LogP contribution in [0.25, 0.3) is 0 Å². The molecule has 0 aromatic heterocycles. The monoisotopic (exact) mass is 423 g/mol. The van der Waals surface area contributed by atoms with Gasteiger partial charge in [-0.1, -0.05) is 50.9 Å². The van der Waals surface area contributed by atoms with Gasteiger partial charge in [0.1, 0.15) is 0 Å². The van der Waals surface area contributed by atoms with Crippen LogP contribution in [0, 0.1) is 0 Å². The molecule has 0 saturated heterocycles. The van der Waals surface area contributed by atoms with E-state index in [2.05, 4.69) is 38.1 Å². The minimum Gasteiger partial charge on any atom is -0.394 e. The first-order valence-electron chi connectivity index (χ1n) is 10.4. The first-order chi connectivity index (χ1) is 12.6. The molecule has 0 fully saturated rings. The highest BCUT2D eigenvalue weighted by Gasteiger charge is 2.23. The quantitative estimate of drug-likeness (QED) is 0.179. The molecule has 164 valence electrons. The van der Waals surface area contributed by atoms with Gasteiger partial charge >= 0.3 is 0 Å². The Kier molecular flexibility index (Phi) is 15.2. The summed E-state index contributed by atoms with van der Waals surface area (Å²) in [4.78, 5) is 0. The zero-order valence-electron chi connectivity index (χ0n) is 18.6. The molecule has 8 heteroatoms. The molecule has 0 saturated carbocycles. The molecule has 0 aromatic rings. The van der Waals surface area contributed by atoms with Gasteiger partial charge < -0.3 is 29.7 Å². The average Bonchev–Trinajstić information content (AvgIpc) is 2.57. The molecule has 0 bridgehead atoms. The van der Waals surface area contributed by atoms with Crippen molar-refractivity contribution in [2.75, 3.05) is 46.1 Å². The van der Waals surface area contributed by atoms with Crippen molar-refractivity contribution in [1.29, 1.82) is 0 Å². The molecule has 0 aliphatic heterocycles. The summed E-state index contributed by atoms with van der Waals surface area (Å²) < 4.78 is 16.2. The lowest BCUT2D eigenvalue weighted by Crippen LogP contribution is -2.33. The smallest absolute Gasteiger partial charge is 0.154 e. The van der Waals surface area contributed by atoms with Crippen molar-refractivity contribution >= 4 is 16.1 Å². The lowest BCUT2D eigenvalue weighted by atomic mass is 10.4. The minimum absolute atomic E-state index is 0.00367. The van der Waals surface area contributed by atoms with Crippen LogP contribution >= 0.6 is 0 Å². The third kappa shape index (κ3) is 19.3. The largest absolute Gasteiger partial charge is 0.394 e. The van der Waals surface area contributed by atoms with Crippen LogP contribution in [0.5, 0.6) is 0 Å². The highest BCUT2D eigenvalue weighted by atomic mass is 28.3. The number of aliphatic hydroxyl groups excluding tert-OH is 2. The van der Waals surface area contributed by atoms with Gasteiger partial charge in [-0.25, -0.2) is 0 Å². The maximum Gasteiger partial charge on any atom is 0.154 e. The number of aliphatic hydroxyl groups is 2. The summed E-state index contributed by atoms with van der Waals surface area (Å²) in [7, 11) is -2.03. The number of hydrogen-bond donors (Lipinski definition) is 3. The van der Waals surface area contributed by atoms with E-state index in [-0.39, 0.29) is 19.5 Å². The number of rotatable bonds is 18. The summed E-state index contributed by atoms with van der Waals surface area (Å²) in [5.41, 5.74) is 0. The molecule has 0 aliphatic carbocycles. The lowest BCUT2D eigenvalue weighted by molar-refractivity contribution is -0.134. The maximum absolute atomic E-state index is 9.94. The standard InChI is InChI=1S/C19H45NO5Si2/c1-18(25-12-9-21)24-11-8-20-16-19(22)17-23-10-7-13-27(5,6)15-14-26(2,3)4/h18-22H,7-17H2,1-6H3. The van der Waals surface area contributed by atoms with Gasteiger partial charge in [-0.3, -0.25) is 0 Å². The summed E-state index contributed by atoms with van der Waals surface area (Å²) in [5.74, 6) is 0. The molecule has 0 aliphatic rings. The van der Waals surface area contributed by atoms with Gasteiger partial charge in [0, 0.05) is 35.8 Å². The van der Waals surface area contributed by atoms with E-state index in [0.29, 0.717) is 26.3 Å². The van der Waals surface area contributed by atoms with Crippen molar-refractivity contribution in [2.24, 2.45) is 0 Å². The van der Waals surface area contributed by atoms with E-state index in [1.54, 1.807) is 6.92 Å². The Bertz CT molecular complexity index is 353. The van der Waals surface area contributed by atoms with Gasteiger partial charge in [-0.05, 0) is 13.3 Å². The van der Waals surface area contributed by atoms with E-state index in [0.717, 1.165) is 13.0 Å². The van der Waals surface area contributed by atoms with Gasteiger partial charge in [0.05, 0.1) is 32.5 Å². The molecule has 0 heterocycles. The van der Waals surface area contributed by atoms with E-state index >= 15 is 0 Å². The normalized spacial score (nSPS) is 15.1. The molecule has 0 amide bonds. The third-order valence-electron chi connectivity index (χ3n) is 4.46. The van der Waals surface area contributed by atoms with Crippen molar-refractivity contribution in [2.45, 2.75) is 76.6 Å². The Balaban J connectivity index is 3.57. The van der Waals surface area contributed by atoms with Crippen LogP contribution in [0.2, 0.25) is 50.9 Å². The van der Waals surface area contributed by atoms with Crippen LogP contribution in [0.4, 0.5) is 0 Å². The Morgan fingerprint density at radius 3 is 2.22 bits per heavy atom. The van der Waals surface area contributed by atoms with Gasteiger partial charge in [-0.2, -0.15) is 0 Å². The maximum atomic E-state index is 9.94. The summed E-state index contributed by atoms with van der Waals surface area (Å²) in [6.45, 7) is 17.2. The zero-order valence-corrected chi connectivity index (χ0v) is 20.6. The fraction of sp³-hybridized carbons (Fsp3) is 1.00. The lowest BCUT2D eigenvalue weighted by Gasteiger charge is -2.26. The van der Waals surface area contributed by atoms with E-state index < -0.39 is 22.3 Å². The molecule has 27 heavy (non-hydrogen) atoms. The minimum atomic E-state index is -1.10. The van der Waals surface area contributed by atoms with Gasteiger partial charge in [0.2, 0.25) is 0 Å². The number of hydrogen-bond acceptors (Lipinski definition) is 6. The second kappa shape index (κ2) is 15.1. The van der Waals surface area contributed by atoms with Crippen LogP contribution in [-0.4, -0.2) is 84.9 Å². The topological polar surface area (TPSA) is 80.2 Å². The van der Waals surface area contributed by atoms with Crippen LogP contribution in [0.3, 0.4) is 0 Å². The second-order valence-electron chi connectivity index (χ2n) is 9.29. The van der Waals surface area contributed by atoms with Gasteiger partial charge in [0.25, 0.3) is 0 Å². The molecule has 2 atom stereocenters. The van der Waals surface area contributed by atoms with Crippen LogP contribution in [-0.2, 0) is 14.2 Å². The Morgan fingerprint density at radius 2 is 1.59 bits per heavy atom. The van der Waals surface area contributed by atoms with E-state index in [1.165, 1.54) is 18.1 Å². The van der Waals surface area contributed by atoms with Crippen LogP contribution < -0.4 is 5.32 Å². The van der Waals surface area contributed by atoms with E-state index in [1.807, 2.05) is 0 Å². The van der Waals surface area contributed by atoms with Crippen molar-refractivity contribution < 1.29 is 24.4 Å². The van der Waals surface area contributed by atoms with Crippen molar-refractivity contribution in [1.82, 2.24) is 5.32 Å². The van der Waals surface area contributed by atoms with Crippen LogP contribution in [0.1, 0.15) is 13.3 Å². The summed E-state index contributed by atoms with van der Waals surface area (Å²) in [6.07, 6.45) is 0.279. The summed E-state index contributed by atoms with van der Waals surface area (Å²) in [5, 5.41) is 21.7. The Labute approximate surface area is 169 Å². The molecule has 2 unspecified atom stereocenters. The highest BCUT2D eigenvalue weighted by molar-refractivity contribution is 6.82. The molecule has 0 spiro atoms. The van der Waals surface area contributed by atoms with Gasteiger partial charge in [-0.15, -0.1) is 0 Å². The van der Waals surface area contributed by atoms with Crippen molar-refractivity contribution in [3.05, 3.63) is 0 Å². The molecule has 6 nitrogen and oxygen atoms in total. The summed E-state index contributed by atoms with van der Waals surface area (Å²) in [6, 6.07) is 4.17. The molecule has 0 radical (unpaired) electrons. The van der Waals surface area contributed by atoms with Crippen molar-refractivity contribution in [3.63, 3.8) is 0 Å². The third-order valence-corrected chi connectivity index (χ3v) is 10.0. The Morgan fingerprint density at radius 1 is 0.926 bits per heavy atom. The fourth-order valence-corrected chi connectivity index (χ4v) is 9.66. The van der Waals surface area contributed by atoms with E-state index in [9.17, 15) is 5.11 Å². The fourth-order valence-electron chi connectivity index (χ4n) is 2.60. The van der Waals surface area contributed by atoms with Gasteiger partial charge in [0.15, 0.2) is 6.29 Å². The first-order valence-corrected chi connectivity index (χ1v) is 17.5. The molecular weight excluding hydrogens is 378 g/mol. The number of nitrogens with one attached hydrogen (secondary N) is 1. The Hall–Kier alpha value is 0.194. The highest BCUT2D eigenvalue weighted by Crippen LogP contribution is 2.24. The predicted octanol–water partition coefficient (Wildman–Crippen LogP) is 2.76. The zero-order chi connectivity index (χ0) is 20.8. The predicted molar refractivity (Wildman–Crippen MR) is 118 cm³/mol. The molecular formula is C19H45NO5Si2. The van der Waals surface area contributed by atoms with Crippen LogP contribution in [0.15, 0.2) is 0 Å². The molecule has 0 aromatic carbocycles. The second-order valence-corrected chi connectivity index (χ2v) is 20.2. The first kappa shape index (κ1) is 27.2. The average molecular weight is 424 g/mol. The van der Waals surface area contributed by atoms with Crippen molar-refractivity contribution in [3.8, 4) is 0 Å². The molecule has 0 rings (SSSR count). The summed E-state index contributed by atoms with van der Waals surface area (Å²) >= 11 is 0. The number of ether oxygens (including phenoxy) is 3. The molecule has 3 N–H and O–H groups in total. The van der Waals surface area contributed by atoms with E-state index in [4.69, 9.17) is 19.3 Å². The SMILES string of the molecule is CC(OCCO)OCCNCC(O)COCCC[Si](C)(C)CC[Si](C)(C)C.